The number of hydrogen-bond donors (Lipinski definition) is 0. The molecule has 0 amide bonds. The van der Waals surface area contributed by atoms with Gasteiger partial charge in [0.15, 0.2) is 7.14 Å². The van der Waals surface area contributed by atoms with Crippen molar-refractivity contribution < 1.29 is 4.57 Å². The second kappa shape index (κ2) is 11.7. The number of hydrogen-bond acceptors (Lipinski definition) is 3. The lowest BCUT2D eigenvalue weighted by atomic mass is 9.87. The Morgan fingerprint density at radius 2 is 0.935 bits per heavy atom. The van der Waals surface area contributed by atoms with E-state index in [-0.39, 0.29) is 0 Å². The summed E-state index contributed by atoms with van der Waals surface area (Å²) in [6.45, 7) is 0. The van der Waals surface area contributed by atoms with Crippen molar-refractivity contribution in [1.29, 1.82) is 0 Å². The average molecular weight is 609 g/mol. The summed E-state index contributed by atoms with van der Waals surface area (Å²) in [5, 5.41) is 6.94. The van der Waals surface area contributed by atoms with Crippen molar-refractivity contribution >= 4 is 44.6 Å². The van der Waals surface area contributed by atoms with Gasteiger partial charge in [-0.2, -0.15) is 0 Å². The third-order valence-corrected chi connectivity index (χ3v) is 11.7. The van der Waals surface area contributed by atoms with Crippen LogP contribution in [0, 0.1) is 0 Å². The molecule has 8 aromatic rings. The highest BCUT2D eigenvalue weighted by molar-refractivity contribution is 7.85. The molecule has 0 bridgehead atoms. The average Bonchev–Trinajstić information content (AvgIpc) is 3.14. The molecule has 0 atom stereocenters. The number of aromatic nitrogens is 2. The van der Waals surface area contributed by atoms with Crippen LogP contribution in [-0.2, 0) is 4.57 Å². The minimum atomic E-state index is -3.15. The Morgan fingerprint density at radius 3 is 1.48 bits per heavy atom. The summed E-state index contributed by atoms with van der Waals surface area (Å²) in [6, 6.07) is 55.2. The van der Waals surface area contributed by atoms with E-state index in [9.17, 15) is 0 Å². The zero-order valence-corrected chi connectivity index (χ0v) is 25.9. The van der Waals surface area contributed by atoms with E-state index in [0.717, 1.165) is 71.1 Å². The predicted octanol–water partition coefficient (Wildman–Crippen LogP) is 9.42. The molecule has 2 heterocycles. The fraction of sp³-hybridized carbons (Fsp3) is 0. The Hall–Kier alpha value is -5.63. The number of nitrogens with zero attached hydrogens (tertiary/aromatic N) is 2. The highest BCUT2D eigenvalue weighted by atomic mass is 31.2. The van der Waals surface area contributed by atoms with Gasteiger partial charge in [0.25, 0.3) is 0 Å². The molecule has 0 aliphatic carbocycles. The van der Waals surface area contributed by atoms with Gasteiger partial charge in [-0.15, -0.1) is 0 Å². The van der Waals surface area contributed by atoms with Gasteiger partial charge < -0.3 is 4.57 Å². The fourth-order valence-electron chi connectivity index (χ4n) is 6.52. The van der Waals surface area contributed by atoms with Crippen LogP contribution in [0.2, 0.25) is 0 Å². The van der Waals surface area contributed by atoms with Crippen LogP contribution in [-0.4, -0.2) is 9.97 Å². The molecule has 2 aromatic heterocycles. The topological polar surface area (TPSA) is 42.9 Å². The number of fused-ring (bicyclic) bond motifs is 2. The summed E-state index contributed by atoms with van der Waals surface area (Å²) < 4.78 is 15.3. The first-order valence-corrected chi connectivity index (χ1v) is 17.1. The maximum absolute atomic E-state index is 15.3. The third-order valence-electron chi connectivity index (χ3n) is 8.65. The van der Waals surface area contributed by atoms with E-state index in [1.54, 1.807) is 6.20 Å². The van der Waals surface area contributed by atoms with Gasteiger partial charge in [0, 0.05) is 39.4 Å². The molecule has 46 heavy (non-hydrogen) atoms. The molecule has 0 radical (unpaired) electrons. The lowest BCUT2D eigenvalue weighted by Gasteiger charge is -2.22. The van der Waals surface area contributed by atoms with E-state index >= 15 is 4.57 Å². The fourth-order valence-corrected chi connectivity index (χ4v) is 9.22. The molecule has 0 N–H and O–H groups in total. The summed E-state index contributed by atoms with van der Waals surface area (Å²) in [6.07, 6.45) is 3.71. The normalized spacial score (nSPS) is 11.6. The van der Waals surface area contributed by atoms with Gasteiger partial charge >= 0.3 is 0 Å². The molecule has 0 aliphatic rings. The second-order valence-corrected chi connectivity index (χ2v) is 14.1. The first-order chi connectivity index (χ1) is 22.7. The molecule has 0 unspecified atom stereocenters. The van der Waals surface area contributed by atoms with Gasteiger partial charge in [-0.3, -0.25) is 9.97 Å². The van der Waals surface area contributed by atoms with Crippen LogP contribution in [0.15, 0.2) is 176 Å². The van der Waals surface area contributed by atoms with Crippen LogP contribution in [0.4, 0.5) is 0 Å². The quantitative estimate of drug-likeness (QED) is 0.140. The summed E-state index contributed by atoms with van der Waals surface area (Å²) in [5.74, 6) is 0. The van der Waals surface area contributed by atoms with Crippen LogP contribution in [0.5, 0.6) is 0 Å². The lowest BCUT2D eigenvalue weighted by molar-refractivity contribution is 0.592. The minimum absolute atomic E-state index is 0.811. The zero-order chi connectivity index (χ0) is 30.9. The summed E-state index contributed by atoms with van der Waals surface area (Å²) in [7, 11) is -3.15. The van der Waals surface area contributed by atoms with Crippen molar-refractivity contribution in [1.82, 2.24) is 9.97 Å². The number of benzene rings is 6. The van der Waals surface area contributed by atoms with Gasteiger partial charge in [0.05, 0.1) is 11.4 Å². The molecule has 0 aliphatic heterocycles. The van der Waals surface area contributed by atoms with Crippen LogP contribution >= 0.6 is 7.14 Å². The van der Waals surface area contributed by atoms with Crippen molar-refractivity contribution in [2.24, 2.45) is 0 Å². The molecule has 0 spiro atoms. The molecule has 218 valence electrons. The molecule has 0 fully saturated rings. The molecular formula is C42H29N2OP. The highest BCUT2D eigenvalue weighted by Gasteiger charge is 2.30. The van der Waals surface area contributed by atoms with Crippen molar-refractivity contribution in [3.05, 3.63) is 176 Å². The van der Waals surface area contributed by atoms with Gasteiger partial charge in [-0.05, 0) is 63.0 Å². The Bertz CT molecular complexity index is 2270. The Balaban J connectivity index is 1.35. The maximum Gasteiger partial charge on any atom is 0.171 e. The first kappa shape index (κ1) is 27.9. The maximum atomic E-state index is 15.3. The van der Waals surface area contributed by atoms with E-state index < -0.39 is 7.14 Å². The van der Waals surface area contributed by atoms with E-state index in [0.29, 0.717) is 0 Å². The Morgan fingerprint density at radius 1 is 0.391 bits per heavy atom. The Labute approximate surface area is 268 Å². The minimum Gasteiger partial charge on any atom is -0.309 e. The van der Waals surface area contributed by atoms with Crippen molar-refractivity contribution in [3.8, 4) is 33.6 Å². The van der Waals surface area contributed by atoms with Crippen LogP contribution in [0.25, 0.3) is 55.2 Å². The van der Waals surface area contributed by atoms with Gasteiger partial charge in [0.1, 0.15) is 0 Å². The summed E-state index contributed by atoms with van der Waals surface area (Å²) in [4.78, 5) is 9.46. The van der Waals surface area contributed by atoms with Crippen molar-refractivity contribution in [2.45, 2.75) is 0 Å². The Kier molecular flexibility index (Phi) is 7.10. The molecule has 0 saturated carbocycles. The van der Waals surface area contributed by atoms with Crippen LogP contribution in [0.3, 0.4) is 0 Å². The zero-order valence-electron chi connectivity index (χ0n) is 25.0. The first-order valence-electron chi connectivity index (χ1n) is 15.4. The highest BCUT2D eigenvalue weighted by Crippen LogP contribution is 2.46. The smallest absolute Gasteiger partial charge is 0.171 e. The monoisotopic (exact) mass is 608 g/mol. The molecule has 8 rings (SSSR count). The molecule has 6 aromatic carbocycles. The summed E-state index contributed by atoms with van der Waals surface area (Å²) >= 11 is 0. The van der Waals surface area contributed by atoms with Gasteiger partial charge in [-0.25, -0.2) is 0 Å². The van der Waals surface area contributed by atoms with Gasteiger partial charge in [-0.1, -0.05) is 133 Å². The van der Waals surface area contributed by atoms with Crippen LogP contribution < -0.4 is 15.9 Å². The van der Waals surface area contributed by atoms with Crippen molar-refractivity contribution in [2.75, 3.05) is 0 Å². The SMILES string of the molecule is O=P(c1ccccc1)(c1ccccc1)c1cccc(-c2c3ccccc3c(-c3ccc(-c4ccccn4)cn3)c3ccccc23)c1. The molecule has 3 nitrogen and oxygen atoms in total. The summed E-state index contributed by atoms with van der Waals surface area (Å²) in [5.41, 5.74) is 6.03. The van der Waals surface area contributed by atoms with E-state index in [4.69, 9.17) is 4.98 Å². The van der Waals surface area contributed by atoms with Gasteiger partial charge in [0.2, 0.25) is 0 Å². The van der Waals surface area contributed by atoms with E-state index in [2.05, 4.69) is 77.8 Å². The predicted molar refractivity (Wildman–Crippen MR) is 193 cm³/mol. The van der Waals surface area contributed by atoms with Crippen molar-refractivity contribution in [3.63, 3.8) is 0 Å². The number of pyridine rings is 2. The molecule has 0 saturated heterocycles. The lowest BCUT2D eigenvalue weighted by Crippen LogP contribution is -2.25. The third kappa shape index (κ3) is 4.74. The largest absolute Gasteiger partial charge is 0.309 e. The standard InChI is InChI=1S/C42H29N2OP/c45-46(32-15-3-1-4-16-32,33-17-5-2-6-18-33)34-19-13-14-30(28-34)41-35-20-7-9-22-37(35)42(38-23-10-8-21-36(38)41)40-26-25-31(29-44-40)39-24-11-12-27-43-39/h1-29H. The van der Waals surface area contributed by atoms with E-state index in [1.807, 2.05) is 97.2 Å². The molecule has 4 heteroatoms. The van der Waals surface area contributed by atoms with E-state index in [1.165, 1.54) is 0 Å². The second-order valence-electron chi connectivity index (χ2n) is 11.3. The molecular weight excluding hydrogens is 579 g/mol. The number of rotatable bonds is 6. The van der Waals surface area contributed by atoms with Crippen LogP contribution in [0.1, 0.15) is 0 Å².